The van der Waals surface area contributed by atoms with Crippen LogP contribution in [0.25, 0.3) is 0 Å². The standard InChI is InChI=1S/C27H28BrCl2N3O4S/c1-18(2)31-27(35)19(3)32(16-20-9-11-21(28)12-10-20)26(34)17-33(25-14-13-22(29)15-24(25)30)38(36,37)23-7-5-4-6-8-23/h4-15,18-19H,16-17H2,1-3H3,(H,31,35)/t19-/m0/s1. The summed E-state index contributed by atoms with van der Waals surface area (Å²) in [5, 5.41) is 3.20. The molecular formula is C27H28BrCl2N3O4S. The van der Waals surface area contributed by atoms with E-state index in [0.717, 1.165) is 14.3 Å². The Hall–Kier alpha value is -2.59. The second kappa shape index (κ2) is 13.0. The number of sulfonamides is 1. The van der Waals surface area contributed by atoms with E-state index in [1.54, 1.807) is 25.1 Å². The number of hydrogen-bond donors (Lipinski definition) is 1. The zero-order chi connectivity index (χ0) is 28.0. The lowest BCUT2D eigenvalue weighted by Crippen LogP contribution is -2.52. The van der Waals surface area contributed by atoms with Gasteiger partial charge in [0.25, 0.3) is 10.0 Å². The molecule has 202 valence electrons. The van der Waals surface area contributed by atoms with Gasteiger partial charge >= 0.3 is 0 Å². The second-order valence-electron chi connectivity index (χ2n) is 8.91. The summed E-state index contributed by atoms with van der Waals surface area (Å²) >= 11 is 15.9. The third kappa shape index (κ3) is 7.50. The monoisotopic (exact) mass is 639 g/mol. The molecule has 0 spiro atoms. The summed E-state index contributed by atoms with van der Waals surface area (Å²) in [4.78, 5) is 28.1. The van der Waals surface area contributed by atoms with Gasteiger partial charge < -0.3 is 10.2 Å². The van der Waals surface area contributed by atoms with E-state index < -0.39 is 28.5 Å². The highest BCUT2D eigenvalue weighted by Gasteiger charge is 2.33. The Bertz CT molecular complexity index is 1390. The molecule has 7 nitrogen and oxygen atoms in total. The molecule has 0 heterocycles. The van der Waals surface area contributed by atoms with Crippen molar-refractivity contribution in [1.82, 2.24) is 10.2 Å². The number of carbonyl (C=O) groups excluding carboxylic acids is 2. The Kier molecular flexibility index (Phi) is 10.2. The summed E-state index contributed by atoms with van der Waals surface area (Å²) in [6.07, 6.45) is 0. The Morgan fingerprint density at radius 3 is 2.16 bits per heavy atom. The topological polar surface area (TPSA) is 86.8 Å². The largest absolute Gasteiger partial charge is 0.352 e. The van der Waals surface area contributed by atoms with Crippen LogP contribution in [0.2, 0.25) is 10.0 Å². The molecule has 0 radical (unpaired) electrons. The Balaban J connectivity index is 2.05. The molecule has 0 aliphatic rings. The maximum absolute atomic E-state index is 13.8. The lowest BCUT2D eigenvalue weighted by atomic mass is 10.1. The number of hydrogen-bond acceptors (Lipinski definition) is 4. The minimum atomic E-state index is -4.21. The Labute approximate surface area is 241 Å². The smallest absolute Gasteiger partial charge is 0.264 e. The van der Waals surface area contributed by atoms with Gasteiger partial charge in [-0.2, -0.15) is 0 Å². The maximum Gasteiger partial charge on any atom is 0.264 e. The van der Waals surface area contributed by atoms with Gasteiger partial charge in [0.1, 0.15) is 12.6 Å². The van der Waals surface area contributed by atoms with E-state index in [9.17, 15) is 18.0 Å². The fourth-order valence-corrected chi connectivity index (χ4v) is 5.97. The molecule has 0 saturated carbocycles. The van der Waals surface area contributed by atoms with Crippen LogP contribution in [0.15, 0.2) is 82.2 Å². The molecule has 3 aromatic carbocycles. The molecule has 1 atom stereocenters. The van der Waals surface area contributed by atoms with Gasteiger partial charge in [0.2, 0.25) is 11.8 Å². The van der Waals surface area contributed by atoms with Gasteiger partial charge in [-0.3, -0.25) is 13.9 Å². The van der Waals surface area contributed by atoms with Crippen LogP contribution < -0.4 is 9.62 Å². The average molecular weight is 641 g/mol. The molecule has 0 bridgehead atoms. The molecule has 0 aliphatic carbocycles. The number of anilines is 1. The highest BCUT2D eigenvalue weighted by molar-refractivity contribution is 9.10. The third-order valence-electron chi connectivity index (χ3n) is 5.65. The van der Waals surface area contributed by atoms with Crippen LogP contribution in [0.4, 0.5) is 5.69 Å². The molecule has 0 saturated heterocycles. The minimum absolute atomic E-state index is 0.0103. The SMILES string of the molecule is CC(C)NC(=O)[C@H](C)N(Cc1ccc(Br)cc1)C(=O)CN(c1ccc(Cl)cc1Cl)S(=O)(=O)c1ccccc1. The third-order valence-corrected chi connectivity index (χ3v) is 8.49. The Morgan fingerprint density at radius 2 is 1.58 bits per heavy atom. The predicted octanol–water partition coefficient (Wildman–Crippen LogP) is 5.89. The van der Waals surface area contributed by atoms with Crippen molar-refractivity contribution in [3.63, 3.8) is 0 Å². The van der Waals surface area contributed by atoms with Crippen molar-refractivity contribution < 1.29 is 18.0 Å². The number of rotatable bonds is 10. The van der Waals surface area contributed by atoms with E-state index in [1.165, 1.54) is 35.2 Å². The Morgan fingerprint density at radius 1 is 0.947 bits per heavy atom. The fraction of sp³-hybridized carbons (Fsp3) is 0.259. The van der Waals surface area contributed by atoms with Crippen LogP contribution in [0.3, 0.4) is 0 Å². The molecule has 3 aromatic rings. The molecule has 1 N–H and O–H groups in total. The van der Waals surface area contributed by atoms with E-state index in [-0.39, 0.29) is 34.1 Å². The molecule has 0 unspecified atom stereocenters. The van der Waals surface area contributed by atoms with Crippen LogP contribution in [-0.2, 0) is 26.2 Å². The first-order valence-electron chi connectivity index (χ1n) is 11.8. The fourth-order valence-electron chi connectivity index (χ4n) is 3.69. The van der Waals surface area contributed by atoms with Crippen molar-refractivity contribution >= 4 is 66.7 Å². The van der Waals surface area contributed by atoms with E-state index in [0.29, 0.717) is 5.02 Å². The molecule has 2 amide bonds. The number of nitrogens with one attached hydrogen (secondary N) is 1. The summed E-state index contributed by atoms with van der Waals surface area (Å²) in [5.41, 5.74) is 0.865. The van der Waals surface area contributed by atoms with Gasteiger partial charge in [-0.05, 0) is 68.8 Å². The maximum atomic E-state index is 13.8. The number of benzene rings is 3. The minimum Gasteiger partial charge on any atom is -0.352 e. The lowest BCUT2D eigenvalue weighted by molar-refractivity contribution is -0.139. The number of amides is 2. The van der Waals surface area contributed by atoms with Crippen molar-refractivity contribution in [3.8, 4) is 0 Å². The summed E-state index contributed by atoms with van der Waals surface area (Å²) < 4.78 is 29.3. The predicted molar refractivity (Wildman–Crippen MR) is 155 cm³/mol. The van der Waals surface area contributed by atoms with Crippen LogP contribution >= 0.6 is 39.1 Å². The first-order chi connectivity index (χ1) is 17.9. The molecule has 0 aliphatic heterocycles. The van der Waals surface area contributed by atoms with E-state index in [1.807, 2.05) is 38.1 Å². The first kappa shape index (κ1) is 30.0. The van der Waals surface area contributed by atoms with Crippen LogP contribution in [0, 0.1) is 0 Å². The average Bonchev–Trinajstić information content (AvgIpc) is 2.87. The normalized spacial score (nSPS) is 12.2. The van der Waals surface area contributed by atoms with Gasteiger partial charge in [-0.25, -0.2) is 8.42 Å². The van der Waals surface area contributed by atoms with Gasteiger partial charge in [-0.1, -0.05) is 69.5 Å². The van der Waals surface area contributed by atoms with Crippen molar-refractivity contribution in [2.24, 2.45) is 0 Å². The van der Waals surface area contributed by atoms with Crippen molar-refractivity contribution in [1.29, 1.82) is 0 Å². The first-order valence-corrected chi connectivity index (χ1v) is 14.8. The lowest BCUT2D eigenvalue weighted by Gasteiger charge is -2.32. The van der Waals surface area contributed by atoms with Gasteiger partial charge in [0, 0.05) is 22.1 Å². The van der Waals surface area contributed by atoms with Gasteiger partial charge in [0.05, 0.1) is 15.6 Å². The number of halogens is 3. The molecule has 38 heavy (non-hydrogen) atoms. The van der Waals surface area contributed by atoms with Crippen molar-refractivity contribution in [2.45, 2.75) is 44.3 Å². The van der Waals surface area contributed by atoms with Crippen LogP contribution in [0.5, 0.6) is 0 Å². The van der Waals surface area contributed by atoms with Crippen molar-refractivity contribution in [3.05, 3.63) is 92.9 Å². The molecule has 3 rings (SSSR count). The zero-order valence-corrected chi connectivity index (χ0v) is 25.0. The summed E-state index contributed by atoms with van der Waals surface area (Å²) in [7, 11) is -4.21. The van der Waals surface area contributed by atoms with Gasteiger partial charge in [-0.15, -0.1) is 0 Å². The summed E-state index contributed by atoms with van der Waals surface area (Å²) in [6.45, 7) is 4.75. The quantitative estimate of drug-likeness (QED) is 0.299. The molecule has 0 aromatic heterocycles. The molecule has 0 fully saturated rings. The van der Waals surface area contributed by atoms with Crippen molar-refractivity contribution in [2.75, 3.05) is 10.8 Å². The summed E-state index contributed by atoms with van der Waals surface area (Å²) in [5.74, 6) is -0.933. The highest BCUT2D eigenvalue weighted by Crippen LogP contribution is 2.33. The molecular weight excluding hydrogens is 613 g/mol. The van der Waals surface area contributed by atoms with E-state index in [4.69, 9.17) is 23.2 Å². The molecule has 11 heteroatoms. The van der Waals surface area contributed by atoms with Crippen LogP contribution in [0.1, 0.15) is 26.3 Å². The number of carbonyl (C=O) groups is 2. The summed E-state index contributed by atoms with van der Waals surface area (Å²) in [6, 6.07) is 18.4. The number of nitrogens with zero attached hydrogens (tertiary/aromatic N) is 2. The van der Waals surface area contributed by atoms with E-state index in [2.05, 4.69) is 21.2 Å². The highest BCUT2D eigenvalue weighted by atomic mass is 79.9. The van der Waals surface area contributed by atoms with Gasteiger partial charge in [0.15, 0.2) is 0 Å². The van der Waals surface area contributed by atoms with Crippen LogP contribution in [-0.4, -0.2) is 43.8 Å². The van der Waals surface area contributed by atoms with E-state index >= 15 is 0 Å². The zero-order valence-electron chi connectivity index (χ0n) is 21.1. The second-order valence-corrected chi connectivity index (χ2v) is 12.5.